The van der Waals surface area contributed by atoms with E-state index in [0.29, 0.717) is 23.2 Å². The van der Waals surface area contributed by atoms with Gasteiger partial charge in [-0.2, -0.15) is 8.78 Å². The molecule has 0 atom stereocenters. The van der Waals surface area contributed by atoms with Gasteiger partial charge in [-0.1, -0.05) is 23.9 Å². The molecule has 0 aliphatic heterocycles. The van der Waals surface area contributed by atoms with Crippen LogP contribution < -0.4 is 10.9 Å². The van der Waals surface area contributed by atoms with Gasteiger partial charge < -0.3 is 14.7 Å². The lowest BCUT2D eigenvalue weighted by Gasteiger charge is -2.10. The van der Waals surface area contributed by atoms with Crippen LogP contribution in [0.15, 0.2) is 68.9 Å². The molecule has 0 fully saturated rings. The van der Waals surface area contributed by atoms with Crippen molar-refractivity contribution in [2.45, 2.75) is 10.7 Å². The summed E-state index contributed by atoms with van der Waals surface area (Å²) in [5, 5.41) is 2.49. The molecule has 0 spiro atoms. The van der Waals surface area contributed by atoms with E-state index >= 15 is 0 Å². The monoisotopic (exact) mass is 362 g/mol. The van der Waals surface area contributed by atoms with Gasteiger partial charge in [0.15, 0.2) is 0 Å². The number of anilines is 1. The van der Waals surface area contributed by atoms with E-state index in [2.05, 4.69) is 10.3 Å². The number of hydrogen-bond donors (Lipinski definition) is 2. The summed E-state index contributed by atoms with van der Waals surface area (Å²) in [6.07, 6.45) is 1.46. The number of thioether (sulfide) groups is 1. The Morgan fingerprint density at radius 1 is 1.12 bits per heavy atom. The SMILES string of the molecule is O=C(Nc1ccccc1SC(F)F)c1ccc(-c2ccco2)[nH]c1=O. The number of hydrogen-bond acceptors (Lipinski definition) is 4. The molecular weight excluding hydrogens is 350 g/mol. The molecule has 5 nitrogen and oxygen atoms in total. The number of benzene rings is 1. The Bertz CT molecular complexity index is 939. The Balaban J connectivity index is 1.84. The van der Waals surface area contributed by atoms with Crippen molar-refractivity contribution in [3.05, 3.63) is 70.7 Å². The summed E-state index contributed by atoms with van der Waals surface area (Å²) in [5.41, 5.74) is -0.0925. The highest BCUT2D eigenvalue weighted by Crippen LogP contribution is 2.31. The highest BCUT2D eigenvalue weighted by Gasteiger charge is 2.16. The smallest absolute Gasteiger partial charge is 0.288 e. The summed E-state index contributed by atoms with van der Waals surface area (Å²) in [4.78, 5) is 27.2. The average molecular weight is 362 g/mol. The zero-order valence-electron chi connectivity index (χ0n) is 12.7. The number of aromatic nitrogens is 1. The second-order valence-electron chi connectivity index (χ2n) is 4.92. The summed E-state index contributed by atoms with van der Waals surface area (Å²) >= 11 is 0.321. The molecular formula is C17H12F2N2O3S. The van der Waals surface area contributed by atoms with Crippen molar-refractivity contribution >= 4 is 23.4 Å². The van der Waals surface area contributed by atoms with Crippen LogP contribution in [-0.4, -0.2) is 16.6 Å². The van der Waals surface area contributed by atoms with E-state index in [1.807, 2.05) is 0 Å². The minimum absolute atomic E-state index is 0.132. The molecule has 1 amide bonds. The van der Waals surface area contributed by atoms with Crippen LogP contribution in [0, 0.1) is 0 Å². The van der Waals surface area contributed by atoms with E-state index in [4.69, 9.17) is 4.42 Å². The third-order valence-electron chi connectivity index (χ3n) is 3.29. The number of alkyl halides is 2. The van der Waals surface area contributed by atoms with E-state index in [9.17, 15) is 18.4 Å². The molecule has 1 aromatic carbocycles. The molecule has 128 valence electrons. The van der Waals surface area contributed by atoms with E-state index in [1.54, 1.807) is 24.3 Å². The first-order chi connectivity index (χ1) is 12.0. The molecule has 0 aliphatic carbocycles. The minimum Gasteiger partial charge on any atom is -0.463 e. The molecule has 0 radical (unpaired) electrons. The van der Waals surface area contributed by atoms with E-state index in [0.717, 1.165) is 0 Å². The molecule has 0 saturated carbocycles. The maximum Gasteiger partial charge on any atom is 0.288 e. The molecule has 0 aliphatic rings. The zero-order valence-corrected chi connectivity index (χ0v) is 13.5. The van der Waals surface area contributed by atoms with Gasteiger partial charge in [-0.05, 0) is 36.4 Å². The Labute approximate surface area is 145 Å². The molecule has 25 heavy (non-hydrogen) atoms. The van der Waals surface area contributed by atoms with Gasteiger partial charge in [-0.25, -0.2) is 0 Å². The number of amides is 1. The average Bonchev–Trinajstić information content (AvgIpc) is 3.10. The number of carbonyl (C=O) groups is 1. The van der Waals surface area contributed by atoms with Gasteiger partial charge in [0.25, 0.3) is 17.2 Å². The van der Waals surface area contributed by atoms with E-state index in [-0.39, 0.29) is 16.1 Å². The number of halogens is 2. The number of aromatic amines is 1. The van der Waals surface area contributed by atoms with Crippen molar-refractivity contribution in [3.63, 3.8) is 0 Å². The van der Waals surface area contributed by atoms with Crippen LogP contribution in [-0.2, 0) is 0 Å². The minimum atomic E-state index is -2.62. The zero-order chi connectivity index (χ0) is 17.8. The number of para-hydroxylation sites is 1. The standard InChI is InChI=1S/C17H12F2N2O3S/c18-17(19)25-14-6-2-1-4-12(14)21-16(23)10-7-8-11(20-15(10)22)13-5-3-9-24-13/h1-9,17H,(H,20,22)(H,21,23). The van der Waals surface area contributed by atoms with Gasteiger partial charge in [0.05, 0.1) is 17.6 Å². The molecule has 0 unspecified atom stereocenters. The summed E-state index contributed by atoms with van der Waals surface area (Å²) in [6, 6.07) is 12.4. The Kier molecular flexibility index (Phi) is 4.99. The lowest BCUT2D eigenvalue weighted by Crippen LogP contribution is -2.23. The number of nitrogens with one attached hydrogen (secondary N) is 2. The quantitative estimate of drug-likeness (QED) is 0.667. The summed E-state index contributed by atoms with van der Waals surface area (Å²) in [7, 11) is 0. The number of furan rings is 1. The Morgan fingerprint density at radius 3 is 2.60 bits per heavy atom. The first-order valence-corrected chi connectivity index (χ1v) is 8.05. The Hall–Kier alpha value is -2.87. The fraction of sp³-hybridized carbons (Fsp3) is 0.0588. The number of H-pyrrole nitrogens is 1. The normalized spacial score (nSPS) is 10.8. The van der Waals surface area contributed by atoms with Crippen LogP contribution >= 0.6 is 11.8 Å². The van der Waals surface area contributed by atoms with E-state index < -0.39 is 17.2 Å². The topological polar surface area (TPSA) is 75.1 Å². The van der Waals surface area contributed by atoms with Crippen molar-refractivity contribution < 1.29 is 18.0 Å². The van der Waals surface area contributed by atoms with Crippen molar-refractivity contribution in [1.29, 1.82) is 0 Å². The second kappa shape index (κ2) is 7.35. The predicted molar refractivity (Wildman–Crippen MR) is 91.0 cm³/mol. The highest BCUT2D eigenvalue weighted by molar-refractivity contribution is 7.99. The van der Waals surface area contributed by atoms with Crippen molar-refractivity contribution in [2.75, 3.05) is 5.32 Å². The molecule has 3 aromatic rings. The number of pyridine rings is 1. The van der Waals surface area contributed by atoms with Gasteiger partial charge in [0, 0.05) is 4.90 Å². The van der Waals surface area contributed by atoms with E-state index in [1.165, 1.54) is 30.5 Å². The summed E-state index contributed by atoms with van der Waals surface area (Å²) < 4.78 is 30.4. The van der Waals surface area contributed by atoms with Gasteiger partial charge in [0.1, 0.15) is 11.3 Å². The van der Waals surface area contributed by atoms with Gasteiger partial charge in [0.2, 0.25) is 0 Å². The first kappa shape index (κ1) is 17.0. The van der Waals surface area contributed by atoms with Gasteiger partial charge >= 0.3 is 0 Å². The van der Waals surface area contributed by atoms with Crippen LogP contribution in [0.2, 0.25) is 0 Å². The molecule has 0 bridgehead atoms. The largest absolute Gasteiger partial charge is 0.463 e. The second-order valence-corrected chi connectivity index (χ2v) is 5.95. The Morgan fingerprint density at radius 2 is 1.92 bits per heavy atom. The molecule has 2 N–H and O–H groups in total. The molecule has 2 aromatic heterocycles. The lowest BCUT2D eigenvalue weighted by molar-refractivity contribution is 0.102. The summed E-state index contributed by atoms with van der Waals surface area (Å²) in [5.74, 6) is -2.84. The highest BCUT2D eigenvalue weighted by atomic mass is 32.2. The van der Waals surface area contributed by atoms with Gasteiger partial charge in [-0.3, -0.25) is 9.59 Å². The molecule has 3 rings (SSSR count). The third kappa shape index (κ3) is 3.97. The first-order valence-electron chi connectivity index (χ1n) is 7.17. The van der Waals surface area contributed by atoms with Crippen LogP contribution in [0.3, 0.4) is 0 Å². The maximum atomic E-state index is 12.6. The van der Waals surface area contributed by atoms with Crippen molar-refractivity contribution in [2.24, 2.45) is 0 Å². The van der Waals surface area contributed by atoms with Gasteiger partial charge in [-0.15, -0.1) is 0 Å². The molecule has 0 saturated heterocycles. The van der Waals surface area contributed by atoms with Crippen LogP contribution in [0.1, 0.15) is 10.4 Å². The predicted octanol–water partition coefficient (Wildman–Crippen LogP) is 4.20. The van der Waals surface area contributed by atoms with Crippen LogP contribution in [0.25, 0.3) is 11.5 Å². The fourth-order valence-electron chi connectivity index (χ4n) is 2.19. The van der Waals surface area contributed by atoms with Crippen molar-refractivity contribution in [3.8, 4) is 11.5 Å². The fourth-order valence-corrected chi connectivity index (χ4v) is 2.78. The maximum absolute atomic E-state index is 12.6. The molecule has 8 heteroatoms. The van der Waals surface area contributed by atoms with Crippen molar-refractivity contribution in [1.82, 2.24) is 4.98 Å². The summed E-state index contributed by atoms with van der Waals surface area (Å²) in [6.45, 7) is 0. The van der Waals surface area contributed by atoms with Crippen LogP contribution in [0.5, 0.6) is 0 Å². The number of rotatable bonds is 5. The third-order valence-corrected chi connectivity index (χ3v) is 4.08. The lowest BCUT2D eigenvalue weighted by atomic mass is 10.2. The van der Waals surface area contributed by atoms with Crippen LogP contribution in [0.4, 0.5) is 14.5 Å². The number of carbonyl (C=O) groups excluding carboxylic acids is 1. The molecule has 2 heterocycles.